The second kappa shape index (κ2) is 7.85. The van der Waals surface area contributed by atoms with Crippen molar-refractivity contribution in [2.24, 2.45) is 0 Å². The molecule has 0 saturated heterocycles. The lowest BCUT2D eigenvalue weighted by molar-refractivity contribution is -0.121. The van der Waals surface area contributed by atoms with Gasteiger partial charge in [0.1, 0.15) is 5.75 Å². The van der Waals surface area contributed by atoms with Crippen LogP contribution in [0.15, 0.2) is 18.2 Å². The highest BCUT2D eigenvalue weighted by Crippen LogP contribution is 2.26. The van der Waals surface area contributed by atoms with Gasteiger partial charge in [-0.15, -0.1) is 0 Å². The summed E-state index contributed by atoms with van der Waals surface area (Å²) in [6.45, 7) is 4.42. The van der Waals surface area contributed by atoms with Gasteiger partial charge in [-0.25, -0.2) is 0 Å². The molecule has 0 saturated carbocycles. The molecule has 6 heteroatoms. The molecular formula is C15H25N3O3. The number of nitrogens with two attached hydrogens (primary N) is 1. The molecule has 2 atom stereocenters. The molecule has 0 spiro atoms. The first-order chi connectivity index (χ1) is 9.90. The van der Waals surface area contributed by atoms with E-state index in [1.165, 1.54) is 0 Å². The van der Waals surface area contributed by atoms with Crippen LogP contribution in [0.5, 0.6) is 5.75 Å². The zero-order valence-corrected chi connectivity index (χ0v) is 13.3. The lowest BCUT2D eigenvalue weighted by Gasteiger charge is -2.29. The molecule has 0 aliphatic carbocycles. The third kappa shape index (κ3) is 4.61. The van der Waals surface area contributed by atoms with E-state index in [0.717, 1.165) is 0 Å². The predicted molar refractivity (Wildman–Crippen MR) is 84.6 cm³/mol. The average molecular weight is 295 g/mol. The van der Waals surface area contributed by atoms with Gasteiger partial charge < -0.3 is 20.5 Å². The minimum Gasteiger partial charge on any atom is -0.495 e. The van der Waals surface area contributed by atoms with E-state index >= 15 is 0 Å². The summed E-state index contributed by atoms with van der Waals surface area (Å²) in [5, 5.41) is 2.85. The molecule has 21 heavy (non-hydrogen) atoms. The standard InChI is InChI=1S/C15H25N3O3/c1-10(9-20-4)18(3)11(2)15(19)17-13-8-12(16)6-7-14(13)21-5/h6-8,10-11H,9,16H2,1-5H3,(H,17,19). The van der Waals surface area contributed by atoms with Gasteiger partial charge in [-0.05, 0) is 39.1 Å². The summed E-state index contributed by atoms with van der Waals surface area (Å²) < 4.78 is 10.3. The molecule has 118 valence electrons. The second-order valence-corrected chi connectivity index (χ2v) is 5.09. The van der Waals surface area contributed by atoms with E-state index in [2.05, 4.69) is 5.32 Å². The molecule has 0 aliphatic heterocycles. The number of likely N-dealkylation sites (N-methyl/N-ethyl adjacent to an activating group) is 1. The second-order valence-electron chi connectivity index (χ2n) is 5.09. The van der Waals surface area contributed by atoms with Crippen LogP contribution in [0.1, 0.15) is 13.8 Å². The minimum atomic E-state index is -0.304. The van der Waals surface area contributed by atoms with Gasteiger partial charge >= 0.3 is 0 Å². The van der Waals surface area contributed by atoms with Gasteiger partial charge in [0.2, 0.25) is 5.91 Å². The van der Waals surface area contributed by atoms with Crippen LogP contribution in [0.4, 0.5) is 11.4 Å². The molecule has 0 bridgehead atoms. The van der Waals surface area contributed by atoms with Crippen molar-refractivity contribution in [1.29, 1.82) is 0 Å². The first kappa shape index (κ1) is 17.3. The molecule has 6 nitrogen and oxygen atoms in total. The summed E-state index contributed by atoms with van der Waals surface area (Å²) in [6, 6.07) is 4.97. The van der Waals surface area contributed by atoms with Crippen LogP contribution in [-0.2, 0) is 9.53 Å². The van der Waals surface area contributed by atoms with Gasteiger partial charge in [0.15, 0.2) is 0 Å². The summed E-state index contributed by atoms with van der Waals surface area (Å²) >= 11 is 0. The zero-order valence-electron chi connectivity index (χ0n) is 13.3. The maximum absolute atomic E-state index is 12.4. The number of anilines is 2. The fourth-order valence-electron chi connectivity index (χ4n) is 1.99. The van der Waals surface area contributed by atoms with E-state index in [1.54, 1.807) is 32.4 Å². The van der Waals surface area contributed by atoms with E-state index in [9.17, 15) is 4.79 Å². The van der Waals surface area contributed by atoms with Crippen LogP contribution in [0.3, 0.4) is 0 Å². The monoisotopic (exact) mass is 295 g/mol. The van der Waals surface area contributed by atoms with Gasteiger partial charge in [-0.3, -0.25) is 9.69 Å². The van der Waals surface area contributed by atoms with Crippen molar-refractivity contribution >= 4 is 17.3 Å². The Morgan fingerprint density at radius 2 is 2.05 bits per heavy atom. The smallest absolute Gasteiger partial charge is 0.241 e. The van der Waals surface area contributed by atoms with Crippen LogP contribution in [0, 0.1) is 0 Å². The third-order valence-corrected chi connectivity index (χ3v) is 3.57. The van der Waals surface area contributed by atoms with Crippen LogP contribution in [0.2, 0.25) is 0 Å². The molecular weight excluding hydrogens is 270 g/mol. The van der Waals surface area contributed by atoms with Crippen LogP contribution >= 0.6 is 0 Å². The Kier molecular flexibility index (Phi) is 6.45. The summed E-state index contributed by atoms with van der Waals surface area (Å²) in [4.78, 5) is 14.3. The molecule has 0 heterocycles. The van der Waals surface area contributed by atoms with Gasteiger partial charge in [0.25, 0.3) is 0 Å². The van der Waals surface area contributed by atoms with Crippen molar-refractivity contribution in [3.05, 3.63) is 18.2 Å². The number of carbonyl (C=O) groups excluding carboxylic acids is 1. The van der Waals surface area contributed by atoms with Gasteiger partial charge in [0, 0.05) is 18.8 Å². The average Bonchev–Trinajstić information content (AvgIpc) is 2.46. The molecule has 0 fully saturated rings. The Bertz CT molecular complexity index is 479. The number of amides is 1. The van der Waals surface area contributed by atoms with Crippen LogP contribution in [0.25, 0.3) is 0 Å². The first-order valence-electron chi connectivity index (χ1n) is 6.86. The first-order valence-corrected chi connectivity index (χ1v) is 6.86. The quantitative estimate of drug-likeness (QED) is 0.747. The highest BCUT2D eigenvalue weighted by molar-refractivity contribution is 5.96. The Labute approximate surface area is 126 Å². The number of nitrogen functional groups attached to an aromatic ring is 1. The number of hydrogen-bond acceptors (Lipinski definition) is 5. The fourth-order valence-corrected chi connectivity index (χ4v) is 1.99. The van der Waals surface area contributed by atoms with Crippen molar-refractivity contribution in [3.63, 3.8) is 0 Å². The minimum absolute atomic E-state index is 0.121. The van der Waals surface area contributed by atoms with E-state index in [1.807, 2.05) is 25.8 Å². The Balaban J connectivity index is 2.78. The number of rotatable bonds is 7. The predicted octanol–water partition coefficient (Wildman–Crippen LogP) is 1.57. The maximum atomic E-state index is 12.4. The van der Waals surface area contributed by atoms with Crippen molar-refractivity contribution in [2.45, 2.75) is 25.9 Å². The van der Waals surface area contributed by atoms with Crippen LogP contribution < -0.4 is 15.8 Å². The zero-order chi connectivity index (χ0) is 16.0. The molecule has 2 unspecified atom stereocenters. The van der Waals surface area contributed by atoms with Crippen molar-refractivity contribution in [3.8, 4) is 5.75 Å². The van der Waals surface area contributed by atoms with Crippen molar-refractivity contribution < 1.29 is 14.3 Å². The highest BCUT2D eigenvalue weighted by Gasteiger charge is 2.23. The van der Waals surface area contributed by atoms with Crippen molar-refractivity contribution in [2.75, 3.05) is 38.9 Å². The topological polar surface area (TPSA) is 76.8 Å². The van der Waals surface area contributed by atoms with E-state index in [-0.39, 0.29) is 18.0 Å². The highest BCUT2D eigenvalue weighted by atomic mass is 16.5. The molecule has 1 rings (SSSR count). The molecule has 1 aromatic rings. The lowest BCUT2D eigenvalue weighted by Crippen LogP contribution is -2.45. The van der Waals surface area contributed by atoms with Gasteiger partial charge in [0.05, 0.1) is 25.4 Å². The fraction of sp³-hybridized carbons (Fsp3) is 0.533. The lowest BCUT2D eigenvalue weighted by atomic mass is 10.2. The molecule has 3 N–H and O–H groups in total. The van der Waals surface area contributed by atoms with E-state index in [4.69, 9.17) is 15.2 Å². The summed E-state index contributed by atoms with van der Waals surface area (Å²) in [6.07, 6.45) is 0. The number of methoxy groups -OCH3 is 2. The Hall–Kier alpha value is -1.79. The summed E-state index contributed by atoms with van der Waals surface area (Å²) in [5.74, 6) is 0.460. The van der Waals surface area contributed by atoms with E-state index < -0.39 is 0 Å². The SMILES string of the molecule is COCC(C)N(C)C(C)C(=O)Nc1cc(N)ccc1OC. The third-order valence-electron chi connectivity index (χ3n) is 3.57. The number of benzene rings is 1. The molecule has 1 aromatic carbocycles. The van der Waals surface area contributed by atoms with Gasteiger partial charge in [-0.2, -0.15) is 0 Å². The number of nitrogens with one attached hydrogen (secondary N) is 1. The number of nitrogens with zero attached hydrogens (tertiary/aromatic N) is 1. The van der Waals surface area contributed by atoms with E-state index in [0.29, 0.717) is 23.7 Å². The molecule has 0 aromatic heterocycles. The number of hydrogen-bond donors (Lipinski definition) is 2. The van der Waals surface area contributed by atoms with Crippen LogP contribution in [-0.4, -0.2) is 50.8 Å². The Morgan fingerprint density at radius 3 is 2.62 bits per heavy atom. The van der Waals surface area contributed by atoms with Gasteiger partial charge in [-0.1, -0.05) is 0 Å². The number of carbonyl (C=O) groups is 1. The molecule has 0 radical (unpaired) electrons. The maximum Gasteiger partial charge on any atom is 0.241 e. The summed E-state index contributed by atoms with van der Waals surface area (Å²) in [5.41, 5.74) is 6.89. The molecule has 0 aliphatic rings. The largest absolute Gasteiger partial charge is 0.495 e. The number of ether oxygens (including phenoxy) is 2. The van der Waals surface area contributed by atoms with Crippen molar-refractivity contribution in [1.82, 2.24) is 4.90 Å². The molecule has 1 amide bonds. The summed E-state index contributed by atoms with van der Waals surface area (Å²) in [7, 11) is 5.09. The Morgan fingerprint density at radius 1 is 1.38 bits per heavy atom. The normalized spacial score (nSPS) is 13.8.